The number of halogens is 2. The van der Waals surface area contributed by atoms with Crippen molar-refractivity contribution < 1.29 is 4.39 Å². The van der Waals surface area contributed by atoms with Gasteiger partial charge in [0.05, 0.1) is 5.88 Å². The third kappa shape index (κ3) is 2.74. The van der Waals surface area contributed by atoms with Gasteiger partial charge in [-0.25, -0.2) is 4.39 Å². The molecule has 0 N–H and O–H groups in total. The van der Waals surface area contributed by atoms with Gasteiger partial charge in [0.2, 0.25) is 0 Å². The van der Waals surface area contributed by atoms with Crippen LogP contribution in [0.25, 0.3) is 0 Å². The summed E-state index contributed by atoms with van der Waals surface area (Å²) in [5.74, 6) is 0.819. The molecule has 17 heavy (non-hydrogen) atoms. The molecular formula is C14H19ClFN. The Morgan fingerprint density at radius 3 is 3.00 bits per heavy atom. The Bertz CT molecular complexity index is 380. The smallest absolute Gasteiger partial charge is 0.129 e. The van der Waals surface area contributed by atoms with Crippen LogP contribution in [0.4, 0.5) is 10.1 Å². The molecule has 2 rings (SSSR count). The molecule has 3 heteroatoms. The van der Waals surface area contributed by atoms with Crippen LogP contribution in [0.5, 0.6) is 0 Å². The van der Waals surface area contributed by atoms with Crippen molar-refractivity contribution in [3.63, 3.8) is 0 Å². The fourth-order valence-electron chi connectivity index (χ4n) is 2.67. The highest BCUT2D eigenvalue weighted by Crippen LogP contribution is 2.31. The predicted octanol–water partition coefficient (Wildman–Crippen LogP) is 4.19. The molecule has 1 atom stereocenters. The predicted molar refractivity (Wildman–Crippen MR) is 71.2 cm³/mol. The van der Waals surface area contributed by atoms with Crippen LogP contribution in [0.2, 0.25) is 0 Å². The summed E-state index contributed by atoms with van der Waals surface area (Å²) >= 11 is 5.85. The molecule has 1 nitrogen and oxygen atoms in total. The Labute approximate surface area is 108 Å². The maximum atomic E-state index is 13.6. The lowest BCUT2D eigenvalue weighted by Gasteiger charge is -2.21. The molecule has 0 bridgehead atoms. The van der Waals surface area contributed by atoms with E-state index >= 15 is 0 Å². The van der Waals surface area contributed by atoms with Gasteiger partial charge >= 0.3 is 0 Å². The Hall–Kier alpha value is -0.760. The molecule has 1 unspecified atom stereocenters. The van der Waals surface area contributed by atoms with Gasteiger partial charge in [0, 0.05) is 24.3 Å². The van der Waals surface area contributed by atoms with Gasteiger partial charge in [-0.15, -0.1) is 11.6 Å². The zero-order valence-electron chi connectivity index (χ0n) is 10.3. The highest BCUT2D eigenvalue weighted by Gasteiger charge is 2.24. The standard InChI is InChI=1S/C14H19ClFN/c1-2-4-11-7-8-17(10-11)14-6-3-5-13(16)12(14)9-15/h3,5-6,11H,2,4,7-10H2,1H3. The van der Waals surface area contributed by atoms with Crippen molar-refractivity contribution in [3.8, 4) is 0 Å². The maximum Gasteiger partial charge on any atom is 0.129 e. The molecule has 0 saturated carbocycles. The summed E-state index contributed by atoms with van der Waals surface area (Å²) in [4.78, 5) is 2.28. The SMILES string of the molecule is CCCC1CCN(c2cccc(F)c2CCl)C1. The van der Waals surface area contributed by atoms with Crippen molar-refractivity contribution in [3.05, 3.63) is 29.6 Å². The van der Waals surface area contributed by atoms with E-state index in [0.29, 0.717) is 5.56 Å². The minimum atomic E-state index is -0.184. The summed E-state index contributed by atoms with van der Waals surface area (Å²) in [6.07, 6.45) is 3.71. The minimum Gasteiger partial charge on any atom is -0.371 e. The average Bonchev–Trinajstić information content (AvgIpc) is 2.78. The third-order valence-electron chi connectivity index (χ3n) is 3.55. The van der Waals surface area contributed by atoms with E-state index in [4.69, 9.17) is 11.6 Å². The molecule has 0 radical (unpaired) electrons. The van der Waals surface area contributed by atoms with Crippen LogP contribution in [0.3, 0.4) is 0 Å². The van der Waals surface area contributed by atoms with Crippen LogP contribution >= 0.6 is 11.6 Å². The highest BCUT2D eigenvalue weighted by molar-refractivity contribution is 6.17. The Morgan fingerprint density at radius 2 is 2.29 bits per heavy atom. The summed E-state index contributed by atoms with van der Waals surface area (Å²) in [6.45, 7) is 4.29. The molecule has 1 fully saturated rings. The van der Waals surface area contributed by atoms with E-state index in [1.54, 1.807) is 6.07 Å². The molecular weight excluding hydrogens is 237 g/mol. The lowest BCUT2D eigenvalue weighted by molar-refractivity contribution is 0.529. The second kappa shape index (κ2) is 5.72. The summed E-state index contributed by atoms with van der Waals surface area (Å²) in [5.41, 5.74) is 1.63. The normalized spacial score (nSPS) is 19.9. The van der Waals surface area contributed by atoms with Crippen LogP contribution < -0.4 is 4.90 Å². The van der Waals surface area contributed by atoms with Crippen LogP contribution in [-0.4, -0.2) is 13.1 Å². The molecule has 0 spiro atoms. The van der Waals surface area contributed by atoms with Crippen molar-refractivity contribution in [2.75, 3.05) is 18.0 Å². The minimum absolute atomic E-state index is 0.184. The first-order chi connectivity index (χ1) is 8.26. The Balaban J connectivity index is 2.15. The second-order valence-corrected chi connectivity index (χ2v) is 5.03. The summed E-state index contributed by atoms with van der Waals surface area (Å²) < 4.78 is 13.6. The number of alkyl halides is 1. The van der Waals surface area contributed by atoms with Gasteiger partial charge in [0.15, 0.2) is 0 Å². The van der Waals surface area contributed by atoms with E-state index < -0.39 is 0 Å². The Morgan fingerprint density at radius 1 is 1.47 bits per heavy atom. The largest absolute Gasteiger partial charge is 0.371 e. The highest BCUT2D eigenvalue weighted by atomic mass is 35.5. The first-order valence-corrected chi connectivity index (χ1v) is 6.88. The van der Waals surface area contributed by atoms with E-state index in [0.717, 1.165) is 24.7 Å². The van der Waals surface area contributed by atoms with Crippen LogP contribution in [0, 0.1) is 11.7 Å². The summed E-state index contributed by atoms with van der Waals surface area (Å²) in [7, 11) is 0. The first-order valence-electron chi connectivity index (χ1n) is 6.34. The fraction of sp³-hybridized carbons (Fsp3) is 0.571. The monoisotopic (exact) mass is 255 g/mol. The zero-order valence-corrected chi connectivity index (χ0v) is 11.0. The van der Waals surface area contributed by atoms with E-state index in [2.05, 4.69) is 11.8 Å². The molecule has 1 aromatic rings. The first kappa shape index (κ1) is 12.7. The average molecular weight is 256 g/mol. The van der Waals surface area contributed by atoms with Gasteiger partial charge in [-0.3, -0.25) is 0 Å². The quantitative estimate of drug-likeness (QED) is 0.729. The topological polar surface area (TPSA) is 3.24 Å². The third-order valence-corrected chi connectivity index (χ3v) is 3.82. The van der Waals surface area contributed by atoms with Gasteiger partial charge in [0.1, 0.15) is 5.82 Å². The van der Waals surface area contributed by atoms with Crippen molar-refractivity contribution in [2.24, 2.45) is 5.92 Å². The van der Waals surface area contributed by atoms with Crippen molar-refractivity contribution >= 4 is 17.3 Å². The summed E-state index contributed by atoms with van der Waals surface area (Å²) in [6, 6.07) is 5.24. The Kier molecular flexibility index (Phi) is 4.27. The molecule has 1 aromatic carbocycles. The van der Waals surface area contributed by atoms with Crippen LogP contribution in [0.1, 0.15) is 31.7 Å². The van der Waals surface area contributed by atoms with Crippen molar-refractivity contribution in [1.29, 1.82) is 0 Å². The second-order valence-electron chi connectivity index (χ2n) is 4.76. The zero-order chi connectivity index (χ0) is 12.3. The maximum absolute atomic E-state index is 13.6. The molecule has 94 valence electrons. The van der Waals surface area contributed by atoms with E-state index in [1.165, 1.54) is 25.3 Å². The number of nitrogens with zero attached hydrogens (tertiary/aromatic N) is 1. The summed E-state index contributed by atoms with van der Waals surface area (Å²) in [5, 5.41) is 0. The number of hydrogen-bond donors (Lipinski definition) is 0. The molecule has 1 aliphatic rings. The molecule has 1 saturated heterocycles. The van der Waals surface area contributed by atoms with Gasteiger partial charge in [0.25, 0.3) is 0 Å². The van der Waals surface area contributed by atoms with Gasteiger partial charge in [-0.2, -0.15) is 0 Å². The molecule has 1 heterocycles. The lowest BCUT2D eigenvalue weighted by Crippen LogP contribution is -2.21. The van der Waals surface area contributed by atoms with Gasteiger partial charge in [-0.1, -0.05) is 19.4 Å². The number of anilines is 1. The van der Waals surface area contributed by atoms with E-state index in [9.17, 15) is 4.39 Å². The molecule has 0 aliphatic carbocycles. The van der Waals surface area contributed by atoms with Gasteiger partial charge < -0.3 is 4.90 Å². The van der Waals surface area contributed by atoms with Crippen LogP contribution in [0.15, 0.2) is 18.2 Å². The van der Waals surface area contributed by atoms with Crippen LogP contribution in [-0.2, 0) is 5.88 Å². The van der Waals surface area contributed by atoms with E-state index in [1.807, 2.05) is 6.07 Å². The van der Waals surface area contributed by atoms with E-state index in [-0.39, 0.29) is 11.7 Å². The molecule has 1 aliphatic heterocycles. The van der Waals surface area contributed by atoms with Crippen molar-refractivity contribution in [1.82, 2.24) is 0 Å². The number of hydrogen-bond acceptors (Lipinski definition) is 1. The molecule has 0 amide bonds. The number of rotatable bonds is 4. The molecule has 0 aromatic heterocycles. The lowest BCUT2D eigenvalue weighted by atomic mass is 10.0. The van der Waals surface area contributed by atoms with Crippen molar-refractivity contribution in [2.45, 2.75) is 32.1 Å². The fourth-order valence-corrected chi connectivity index (χ4v) is 2.94. The number of benzene rings is 1. The van der Waals surface area contributed by atoms with Gasteiger partial charge in [-0.05, 0) is 30.9 Å².